The fourth-order valence-electron chi connectivity index (χ4n) is 2.73. The van der Waals surface area contributed by atoms with Crippen molar-refractivity contribution in [3.05, 3.63) is 81.6 Å². The van der Waals surface area contributed by atoms with Gasteiger partial charge in [-0.15, -0.1) is 11.3 Å². The first kappa shape index (κ1) is 17.4. The number of fused-ring (bicyclic) bond motifs is 1. The Morgan fingerprint density at radius 3 is 2.59 bits per heavy atom. The van der Waals surface area contributed by atoms with Crippen LogP contribution < -0.4 is 11.3 Å². The Labute approximate surface area is 162 Å². The van der Waals surface area contributed by atoms with Crippen molar-refractivity contribution < 1.29 is 4.79 Å². The molecule has 0 unspecified atom stereocenters. The fourth-order valence-corrected chi connectivity index (χ4v) is 3.91. The van der Waals surface area contributed by atoms with Gasteiger partial charge in [0.25, 0.3) is 11.5 Å². The van der Waals surface area contributed by atoms with Crippen LogP contribution in [-0.4, -0.2) is 20.4 Å². The van der Waals surface area contributed by atoms with E-state index in [1.807, 2.05) is 34.9 Å². The van der Waals surface area contributed by atoms with Crippen LogP contribution in [0.25, 0.3) is 20.7 Å². The van der Waals surface area contributed by atoms with E-state index in [9.17, 15) is 9.59 Å². The Bertz CT molecular complexity index is 1200. The van der Waals surface area contributed by atoms with E-state index in [2.05, 4.69) is 9.97 Å². The van der Waals surface area contributed by atoms with Crippen LogP contribution in [0.3, 0.4) is 0 Å². The van der Waals surface area contributed by atoms with Gasteiger partial charge in [-0.25, -0.2) is 0 Å². The Kier molecular flexibility index (Phi) is 4.47. The maximum Gasteiger partial charge on any atom is 0.290 e. The molecule has 27 heavy (non-hydrogen) atoms. The normalized spacial score (nSPS) is 11.0. The summed E-state index contributed by atoms with van der Waals surface area (Å²) in [4.78, 5) is 32.3. The number of halogens is 1. The van der Waals surface area contributed by atoms with Gasteiger partial charge in [-0.1, -0.05) is 23.7 Å². The van der Waals surface area contributed by atoms with Gasteiger partial charge >= 0.3 is 0 Å². The van der Waals surface area contributed by atoms with Crippen molar-refractivity contribution in [2.24, 2.45) is 5.73 Å². The minimum absolute atomic E-state index is 0.198. The summed E-state index contributed by atoms with van der Waals surface area (Å²) < 4.78 is 2.49. The van der Waals surface area contributed by atoms with Gasteiger partial charge in [-0.05, 0) is 35.9 Å². The second kappa shape index (κ2) is 6.94. The molecule has 0 aliphatic heterocycles. The lowest BCUT2D eigenvalue weighted by molar-refractivity contribution is 0.0995. The van der Waals surface area contributed by atoms with Gasteiger partial charge < -0.3 is 10.3 Å². The minimum atomic E-state index is -0.579. The molecule has 0 aliphatic rings. The Morgan fingerprint density at radius 2 is 1.93 bits per heavy atom. The molecule has 0 saturated carbocycles. The molecule has 1 aromatic carbocycles. The molecule has 3 heterocycles. The summed E-state index contributed by atoms with van der Waals surface area (Å²) in [6, 6.07) is 12.8. The number of nitrogens with zero attached hydrogens (tertiary/aromatic N) is 3. The van der Waals surface area contributed by atoms with Gasteiger partial charge in [0.15, 0.2) is 0 Å². The van der Waals surface area contributed by atoms with Crippen LogP contribution in [0.5, 0.6) is 0 Å². The lowest BCUT2D eigenvalue weighted by Gasteiger charge is -2.07. The molecule has 0 spiro atoms. The summed E-state index contributed by atoms with van der Waals surface area (Å²) in [5.41, 5.74) is 7.80. The lowest BCUT2D eigenvalue weighted by atomic mass is 10.2. The molecule has 1 amide bonds. The zero-order valence-electron chi connectivity index (χ0n) is 13.9. The van der Waals surface area contributed by atoms with Crippen LogP contribution in [0.2, 0.25) is 5.02 Å². The molecule has 3 aromatic heterocycles. The molecule has 0 aliphatic carbocycles. The first-order valence-electron chi connectivity index (χ1n) is 8.01. The average Bonchev–Trinajstić information content (AvgIpc) is 3.12. The summed E-state index contributed by atoms with van der Waals surface area (Å²) in [7, 11) is 0. The molecule has 2 N–H and O–H groups in total. The highest BCUT2D eigenvalue weighted by atomic mass is 35.5. The maximum absolute atomic E-state index is 12.2. The predicted molar refractivity (Wildman–Crippen MR) is 106 cm³/mol. The molecule has 4 aromatic rings. The molecule has 6 nitrogen and oxygen atoms in total. The zero-order chi connectivity index (χ0) is 19.0. The number of pyridine rings is 1. The highest BCUT2D eigenvalue weighted by molar-refractivity contribution is 7.22. The second-order valence-electron chi connectivity index (χ2n) is 5.93. The minimum Gasteiger partial charge on any atom is -0.364 e. The van der Waals surface area contributed by atoms with Gasteiger partial charge in [-0.2, -0.15) is 4.98 Å². The van der Waals surface area contributed by atoms with Crippen molar-refractivity contribution in [2.75, 3.05) is 0 Å². The van der Waals surface area contributed by atoms with Gasteiger partial charge in [0, 0.05) is 28.2 Å². The van der Waals surface area contributed by atoms with Crippen LogP contribution in [0.15, 0.2) is 59.8 Å². The Balaban J connectivity index is 1.76. The zero-order valence-corrected chi connectivity index (χ0v) is 15.5. The molecule has 4 rings (SSSR count). The monoisotopic (exact) mass is 396 g/mol. The third-order valence-corrected chi connectivity index (χ3v) is 5.51. The van der Waals surface area contributed by atoms with Crippen LogP contribution in [-0.2, 0) is 6.54 Å². The quantitative estimate of drug-likeness (QED) is 0.572. The number of primary amides is 1. The van der Waals surface area contributed by atoms with Gasteiger partial charge in [0.1, 0.15) is 10.4 Å². The Hall–Kier alpha value is -3.03. The molecule has 0 atom stereocenters. The topological polar surface area (TPSA) is 90.9 Å². The smallest absolute Gasteiger partial charge is 0.290 e. The van der Waals surface area contributed by atoms with Crippen molar-refractivity contribution in [3.8, 4) is 10.4 Å². The summed E-state index contributed by atoms with van der Waals surface area (Å²) in [5.74, 6) is -0.579. The molecule has 0 radical (unpaired) electrons. The summed E-state index contributed by atoms with van der Waals surface area (Å²) in [5, 5.41) is 0.673. The summed E-state index contributed by atoms with van der Waals surface area (Å²) in [6.07, 6.45) is 3.12. The van der Waals surface area contributed by atoms with E-state index >= 15 is 0 Å². The van der Waals surface area contributed by atoms with E-state index in [-0.39, 0.29) is 11.3 Å². The third-order valence-electron chi connectivity index (χ3n) is 4.10. The van der Waals surface area contributed by atoms with Crippen molar-refractivity contribution >= 4 is 39.1 Å². The van der Waals surface area contributed by atoms with Crippen LogP contribution in [0.4, 0.5) is 0 Å². The molecule has 134 valence electrons. The second-order valence-corrected chi connectivity index (χ2v) is 7.41. The highest BCUT2D eigenvalue weighted by Crippen LogP contribution is 2.31. The highest BCUT2D eigenvalue weighted by Gasteiger charge is 2.12. The number of carbonyl (C=O) groups excluding carboxylic acids is 1. The summed E-state index contributed by atoms with van der Waals surface area (Å²) in [6.45, 7) is 0.565. The van der Waals surface area contributed by atoms with Crippen molar-refractivity contribution in [1.29, 1.82) is 0 Å². The van der Waals surface area contributed by atoms with E-state index in [0.717, 1.165) is 21.5 Å². The number of nitrogens with two attached hydrogens (primary N) is 1. The molecular formula is C19H13ClN4O2S. The van der Waals surface area contributed by atoms with Crippen LogP contribution in [0.1, 0.15) is 16.1 Å². The number of benzene rings is 1. The molecule has 8 heteroatoms. The fraction of sp³-hybridized carbons (Fsp3) is 0.0526. The van der Waals surface area contributed by atoms with E-state index in [0.29, 0.717) is 16.3 Å². The number of amides is 1. The van der Waals surface area contributed by atoms with Crippen molar-refractivity contribution in [2.45, 2.75) is 6.54 Å². The van der Waals surface area contributed by atoms with Gasteiger partial charge in [0.05, 0.1) is 11.8 Å². The molecule has 0 bridgehead atoms. The van der Waals surface area contributed by atoms with E-state index in [1.54, 1.807) is 24.7 Å². The third kappa shape index (κ3) is 3.47. The number of hydrogen-bond donors (Lipinski definition) is 1. The standard InChI is InChI=1S/C19H13ClN4O2S/c20-13-4-1-11(2-5-13)9-24-10-23-19(26)17-15(24)7-16(27-17)12-3-6-14(18(21)25)22-8-12/h1-8,10H,9H2,(H2,21,25). The maximum atomic E-state index is 12.2. The molecule has 0 fully saturated rings. The number of aromatic nitrogens is 3. The number of rotatable bonds is 4. The van der Waals surface area contributed by atoms with E-state index < -0.39 is 5.91 Å². The SMILES string of the molecule is NC(=O)c1ccc(-c2cc3c(s2)c(=O)ncn3Cc2ccc(Cl)cc2)cn1. The van der Waals surface area contributed by atoms with Crippen molar-refractivity contribution in [1.82, 2.24) is 14.5 Å². The van der Waals surface area contributed by atoms with Crippen LogP contribution in [0, 0.1) is 0 Å². The summed E-state index contributed by atoms with van der Waals surface area (Å²) >= 11 is 7.28. The number of thiophene rings is 1. The van der Waals surface area contributed by atoms with E-state index in [4.69, 9.17) is 17.3 Å². The van der Waals surface area contributed by atoms with Crippen molar-refractivity contribution in [3.63, 3.8) is 0 Å². The molecule has 0 saturated heterocycles. The van der Waals surface area contributed by atoms with E-state index in [1.165, 1.54) is 11.3 Å². The Morgan fingerprint density at radius 1 is 1.15 bits per heavy atom. The number of carbonyl (C=O) groups is 1. The lowest BCUT2D eigenvalue weighted by Crippen LogP contribution is -2.12. The number of hydrogen-bond acceptors (Lipinski definition) is 5. The van der Waals surface area contributed by atoms with Gasteiger partial charge in [0.2, 0.25) is 0 Å². The first-order chi connectivity index (χ1) is 13.0. The molecular weight excluding hydrogens is 384 g/mol. The average molecular weight is 397 g/mol. The van der Waals surface area contributed by atoms with Gasteiger partial charge in [-0.3, -0.25) is 14.6 Å². The predicted octanol–water partition coefficient (Wildman–Crippen LogP) is 3.32. The first-order valence-corrected chi connectivity index (χ1v) is 9.20. The van der Waals surface area contributed by atoms with Crippen LogP contribution >= 0.6 is 22.9 Å². The largest absolute Gasteiger partial charge is 0.364 e.